The van der Waals surface area contributed by atoms with Crippen molar-refractivity contribution in [3.63, 3.8) is 0 Å². The third kappa shape index (κ3) is 6.55. The van der Waals surface area contributed by atoms with Gasteiger partial charge in [0.1, 0.15) is 0 Å². The SMILES string of the molecule is CC(C)C(=O)Nc1nc(CC(=O)NC2CCCC2CN)cs1.Cl.Cl. The Morgan fingerprint density at radius 3 is 2.71 bits per heavy atom. The Labute approximate surface area is 159 Å². The number of carbonyl (C=O) groups excluding carboxylic acids is 2. The first-order valence-electron chi connectivity index (χ1n) is 7.74. The smallest absolute Gasteiger partial charge is 0.228 e. The molecule has 1 fully saturated rings. The largest absolute Gasteiger partial charge is 0.353 e. The lowest BCUT2D eigenvalue weighted by Crippen LogP contribution is -2.40. The lowest BCUT2D eigenvalue weighted by molar-refractivity contribution is -0.121. The number of nitrogens with two attached hydrogens (primary N) is 1. The van der Waals surface area contributed by atoms with Crippen LogP contribution in [0, 0.1) is 11.8 Å². The highest BCUT2D eigenvalue weighted by Gasteiger charge is 2.27. The average molecular weight is 397 g/mol. The lowest BCUT2D eigenvalue weighted by atomic mass is 10.0. The van der Waals surface area contributed by atoms with Crippen molar-refractivity contribution in [2.75, 3.05) is 11.9 Å². The standard InChI is InChI=1S/C15H24N4O2S.2ClH/c1-9(2)14(21)19-15-17-11(8-22-15)6-13(20)18-12-5-3-4-10(12)7-16;;/h8-10,12H,3-7,16H2,1-2H3,(H,18,20)(H,17,19,21);2*1H. The second-order valence-electron chi connectivity index (χ2n) is 6.07. The number of halogens is 2. The van der Waals surface area contributed by atoms with Crippen LogP contribution in [-0.4, -0.2) is 29.4 Å². The molecule has 24 heavy (non-hydrogen) atoms. The maximum atomic E-state index is 12.1. The highest BCUT2D eigenvalue weighted by atomic mass is 35.5. The normalized spacial score (nSPS) is 19.3. The highest BCUT2D eigenvalue weighted by Crippen LogP contribution is 2.24. The van der Waals surface area contributed by atoms with E-state index in [-0.39, 0.29) is 55.0 Å². The molecule has 2 amide bonds. The van der Waals surface area contributed by atoms with Crippen molar-refractivity contribution < 1.29 is 9.59 Å². The Kier molecular flexibility index (Phi) is 10.5. The minimum absolute atomic E-state index is 0. The van der Waals surface area contributed by atoms with Crippen molar-refractivity contribution in [1.29, 1.82) is 0 Å². The molecule has 138 valence electrons. The molecule has 1 heterocycles. The van der Waals surface area contributed by atoms with E-state index in [1.54, 1.807) is 0 Å². The monoisotopic (exact) mass is 396 g/mol. The van der Waals surface area contributed by atoms with Gasteiger partial charge in [-0.2, -0.15) is 0 Å². The van der Waals surface area contributed by atoms with Crippen LogP contribution in [0.15, 0.2) is 5.38 Å². The summed E-state index contributed by atoms with van der Waals surface area (Å²) in [6.07, 6.45) is 3.45. The highest BCUT2D eigenvalue weighted by molar-refractivity contribution is 7.13. The number of aromatic nitrogens is 1. The van der Waals surface area contributed by atoms with Gasteiger partial charge in [0.15, 0.2) is 5.13 Å². The summed E-state index contributed by atoms with van der Waals surface area (Å²) < 4.78 is 0. The van der Waals surface area contributed by atoms with Gasteiger partial charge in [0, 0.05) is 17.3 Å². The molecule has 9 heteroatoms. The van der Waals surface area contributed by atoms with Crippen LogP contribution in [0.4, 0.5) is 5.13 Å². The molecule has 0 spiro atoms. The molecule has 2 unspecified atom stereocenters. The van der Waals surface area contributed by atoms with E-state index in [4.69, 9.17) is 5.73 Å². The molecule has 1 aliphatic rings. The van der Waals surface area contributed by atoms with Gasteiger partial charge < -0.3 is 16.4 Å². The zero-order chi connectivity index (χ0) is 16.1. The minimum atomic E-state index is -0.0915. The molecule has 4 N–H and O–H groups in total. The van der Waals surface area contributed by atoms with E-state index in [2.05, 4.69) is 15.6 Å². The van der Waals surface area contributed by atoms with Gasteiger partial charge in [-0.3, -0.25) is 9.59 Å². The molecule has 0 aromatic carbocycles. The van der Waals surface area contributed by atoms with Gasteiger partial charge in [0.2, 0.25) is 11.8 Å². The van der Waals surface area contributed by atoms with E-state index >= 15 is 0 Å². The summed E-state index contributed by atoms with van der Waals surface area (Å²) in [5.74, 6) is 0.200. The van der Waals surface area contributed by atoms with Gasteiger partial charge in [-0.1, -0.05) is 20.3 Å². The van der Waals surface area contributed by atoms with Crippen molar-refractivity contribution in [2.45, 2.75) is 45.6 Å². The molecule has 0 aliphatic heterocycles. The predicted molar refractivity (Wildman–Crippen MR) is 102 cm³/mol. The molecule has 0 saturated heterocycles. The second-order valence-corrected chi connectivity index (χ2v) is 6.92. The zero-order valence-electron chi connectivity index (χ0n) is 13.9. The average Bonchev–Trinajstić information content (AvgIpc) is 3.07. The van der Waals surface area contributed by atoms with Crippen LogP contribution in [0.1, 0.15) is 38.8 Å². The van der Waals surface area contributed by atoms with Crippen molar-refractivity contribution in [1.82, 2.24) is 10.3 Å². The molecular weight excluding hydrogens is 371 g/mol. The second kappa shape index (κ2) is 10.9. The Balaban J connectivity index is 0.00000264. The van der Waals surface area contributed by atoms with E-state index in [9.17, 15) is 9.59 Å². The summed E-state index contributed by atoms with van der Waals surface area (Å²) in [5.41, 5.74) is 6.41. The van der Waals surface area contributed by atoms with Crippen LogP contribution >= 0.6 is 36.2 Å². The lowest BCUT2D eigenvalue weighted by Gasteiger charge is -2.19. The van der Waals surface area contributed by atoms with E-state index in [1.165, 1.54) is 11.3 Å². The van der Waals surface area contributed by atoms with Crippen LogP contribution in [0.25, 0.3) is 0 Å². The molecule has 0 radical (unpaired) electrons. The quantitative estimate of drug-likeness (QED) is 0.687. The number of hydrogen-bond donors (Lipinski definition) is 3. The van der Waals surface area contributed by atoms with Crippen LogP contribution in [0.5, 0.6) is 0 Å². The van der Waals surface area contributed by atoms with E-state index in [0.717, 1.165) is 19.3 Å². The summed E-state index contributed by atoms with van der Waals surface area (Å²) in [6.45, 7) is 4.27. The maximum absolute atomic E-state index is 12.1. The molecule has 2 atom stereocenters. The number of hydrogen-bond acceptors (Lipinski definition) is 5. The van der Waals surface area contributed by atoms with Crippen molar-refractivity contribution >= 4 is 53.1 Å². The molecule has 1 aromatic heterocycles. The van der Waals surface area contributed by atoms with Gasteiger partial charge in [-0.05, 0) is 25.3 Å². The van der Waals surface area contributed by atoms with Crippen molar-refractivity contribution in [2.24, 2.45) is 17.6 Å². The maximum Gasteiger partial charge on any atom is 0.228 e. The molecular formula is C15H26Cl2N4O2S. The van der Waals surface area contributed by atoms with Gasteiger partial charge in [0.25, 0.3) is 0 Å². The predicted octanol–water partition coefficient (Wildman–Crippen LogP) is 2.37. The van der Waals surface area contributed by atoms with Gasteiger partial charge in [-0.25, -0.2) is 4.98 Å². The Morgan fingerprint density at radius 1 is 1.38 bits per heavy atom. The molecule has 6 nitrogen and oxygen atoms in total. The molecule has 0 bridgehead atoms. The number of nitrogens with zero attached hydrogens (tertiary/aromatic N) is 1. The van der Waals surface area contributed by atoms with Crippen molar-refractivity contribution in [3.8, 4) is 0 Å². The van der Waals surface area contributed by atoms with Crippen LogP contribution in [-0.2, 0) is 16.0 Å². The Hall–Kier alpha value is -0.890. The third-order valence-electron chi connectivity index (χ3n) is 3.96. The van der Waals surface area contributed by atoms with Crippen LogP contribution in [0.3, 0.4) is 0 Å². The molecule has 1 aromatic rings. The Bertz CT molecular complexity index is 539. The van der Waals surface area contributed by atoms with Gasteiger partial charge in [-0.15, -0.1) is 36.2 Å². The number of rotatable bonds is 6. The van der Waals surface area contributed by atoms with Gasteiger partial charge >= 0.3 is 0 Å². The number of anilines is 1. The minimum Gasteiger partial charge on any atom is -0.353 e. The first kappa shape index (κ1) is 23.1. The molecule has 1 aliphatic carbocycles. The molecule has 2 rings (SSSR count). The third-order valence-corrected chi connectivity index (χ3v) is 4.76. The van der Waals surface area contributed by atoms with E-state index in [0.29, 0.717) is 23.3 Å². The van der Waals surface area contributed by atoms with E-state index < -0.39 is 0 Å². The summed E-state index contributed by atoms with van der Waals surface area (Å²) in [6, 6.07) is 0.191. The van der Waals surface area contributed by atoms with Gasteiger partial charge in [0.05, 0.1) is 12.1 Å². The fraction of sp³-hybridized carbons (Fsp3) is 0.667. The fourth-order valence-corrected chi connectivity index (χ4v) is 3.34. The number of nitrogens with one attached hydrogen (secondary N) is 2. The Morgan fingerprint density at radius 2 is 2.08 bits per heavy atom. The number of carbonyl (C=O) groups is 2. The summed E-state index contributed by atoms with van der Waals surface area (Å²) >= 11 is 1.34. The molecule has 1 saturated carbocycles. The fourth-order valence-electron chi connectivity index (χ4n) is 2.63. The summed E-state index contributed by atoms with van der Waals surface area (Å²) in [4.78, 5) is 28.0. The topological polar surface area (TPSA) is 97.1 Å². The summed E-state index contributed by atoms with van der Waals surface area (Å²) in [5, 5.41) is 8.15. The number of thiazole rings is 1. The summed E-state index contributed by atoms with van der Waals surface area (Å²) in [7, 11) is 0. The van der Waals surface area contributed by atoms with E-state index in [1.807, 2.05) is 19.2 Å². The van der Waals surface area contributed by atoms with Crippen LogP contribution < -0.4 is 16.4 Å². The zero-order valence-corrected chi connectivity index (χ0v) is 16.4. The van der Waals surface area contributed by atoms with Crippen molar-refractivity contribution in [3.05, 3.63) is 11.1 Å². The first-order valence-corrected chi connectivity index (χ1v) is 8.62. The van der Waals surface area contributed by atoms with Crippen LogP contribution in [0.2, 0.25) is 0 Å². The number of amides is 2. The first-order chi connectivity index (χ1) is 10.5.